The van der Waals surface area contributed by atoms with Crippen LogP contribution in [-0.4, -0.2) is 16.6 Å². The zero-order valence-electron chi connectivity index (χ0n) is 3.93. The minimum atomic E-state index is -0.764. The Morgan fingerprint density at radius 1 is 1.86 bits per heavy atom. The molecule has 0 saturated heterocycles. The van der Waals surface area contributed by atoms with Crippen molar-refractivity contribution >= 4 is 11.6 Å². The molecule has 2 atom stereocenters. The standard InChI is InChI=1S/C4H6ClNO/c1-3(7)4(5)2-6/h3-4,7H,1H3/t3-,4-/m0/s1. The van der Waals surface area contributed by atoms with Gasteiger partial charge < -0.3 is 5.11 Å². The Morgan fingerprint density at radius 3 is 2.29 bits per heavy atom. The lowest BCUT2D eigenvalue weighted by Gasteiger charge is -1.99. The Morgan fingerprint density at radius 2 is 2.29 bits per heavy atom. The van der Waals surface area contributed by atoms with E-state index in [9.17, 15) is 0 Å². The lowest BCUT2D eigenvalue weighted by Crippen LogP contribution is -2.13. The number of alkyl halides is 1. The van der Waals surface area contributed by atoms with E-state index >= 15 is 0 Å². The third kappa shape index (κ3) is 2.44. The summed E-state index contributed by atoms with van der Waals surface area (Å²) in [5.74, 6) is 0. The Balaban J connectivity index is 3.40. The molecule has 0 unspecified atom stereocenters. The second-order valence-electron chi connectivity index (χ2n) is 1.27. The summed E-state index contributed by atoms with van der Waals surface area (Å²) in [6.07, 6.45) is -0.730. The topological polar surface area (TPSA) is 44.0 Å². The fourth-order valence-corrected chi connectivity index (χ4v) is 0.108. The maximum Gasteiger partial charge on any atom is 0.146 e. The van der Waals surface area contributed by atoms with Crippen LogP contribution in [0.1, 0.15) is 6.92 Å². The molecule has 0 aromatic rings. The molecule has 2 nitrogen and oxygen atoms in total. The molecule has 1 N–H and O–H groups in total. The largest absolute Gasteiger partial charge is 0.391 e. The molecule has 0 aromatic carbocycles. The van der Waals surface area contributed by atoms with Crippen LogP contribution >= 0.6 is 11.6 Å². The van der Waals surface area contributed by atoms with Gasteiger partial charge in [-0.1, -0.05) is 0 Å². The highest BCUT2D eigenvalue weighted by atomic mass is 35.5. The van der Waals surface area contributed by atoms with Crippen molar-refractivity contribution in [2.45, 2.75) is 18.4 Å². The Bertz CT molecular complexity index is 86.2. The molecular formula is C4H6ClNO. The first-order valence-electron chi connectivity index (χ1n) is 1.90. The van der Waals surface area contributed by atoms with Crippen LogP contribution in [-0.2, 0) is 0 Å². The van der Waals surface area contributed by atoms with Crippen molar-refractivity contribution in [2.75, 3.05) is 0 Å². The lowest BCUT2D eigenvalue weighted by atomic mass is 10.3. The molecule has 0 aliphatic heterocycles. The van der Waals surface area contributed by atoms with Crippen LogP contribution in [0.2, 0.25) is 0 Å². The van der Waals surface area contributed by atoms with Gasteiger partial charge in [0.1, 0.15) is 5.38 Å². The molecule has 0 spiro atoms. The summed E-state index contributed by atoms with van der Waals surface area (Å²) in [7, 11) is 0. The van der Waals surface area contributed by atoms with Gasteiger partial charge in [-0.05, 0) is 6.92 Å². The minimum absolute atomic E-state index is 0.730. The van der Waals surface area contributed by atoms with Gasteiger partial charge in [0.25, 0.3) is 0 Å². The number of nitriles is 1. The average molecular weight is 120 g/mol. The number of hydrogen-bond acceptors (Lipinski definition) is 2. The molecule has 0 radical (unpaired) electrons. The van der Waals surface area contributed by atoms with Gasteiger partial charge in [-0.3, -0.25) is 0 Å². The van der Waals surface area contributed by atoms with Crippen LogP contribution in [0.15, 0.2) is 0 Å². The summed E-state index contributed by atoms with van der Waals surface area (Å²) in [4.78, 5) is 0. The average Bonchev–Trinajstić information content (AvgIpc) is 1.65. The Kier molecular flexibility index (Phi) is 2.73. The van der Waals surface area contributed by atoms with Gasteiger partial charge in [-0.15, -0.1) is 11.6 Å². The molecule has 7 heavy (non-hydrogen) atoms. The van der Waals surface area contributed by atoms with Crippen molar-refractivity contribution < 1.29 is 5.11 Å². The summed E-state index contributed by atoms with van der Waals surface area (Å²) in [5.41, 5.74) is 0. The molecular weight excluding hydrogens is 114 g/mol. The number of halogens is 1. The van der Waals surface area contributed by atoms with Gasteiger partial charge in [0.2, 0.25) is 0 Å². The SMILES string of the molecule is C[C@H](O)[C@@H](Cl)C#N. The van der Waals surface area contributed by atoms with Gasteiger partial charge in [0.05, 0.1) is 12.2 Å². The van der Waals surface area contributed by atoms with Gasteiger partial charge in [-0.25, -0.2) is 0 Å². The van der Waals surface area contributed by atoms with Crippen molar-refractivity contribution in [2.24, 2.45) is 0 Å². The highest BCUT2D eigenvalue weighted by Gasteiger charge is 2.07. The fraction of sp³-hybridized carbons (Fsp3) is 0.750. The third-order valence-corrected chi connectivity index (χ3v) is 1.01. The van der Waals surface area contributed by atoms with Crippen molar-refractivity contribution in [1.29, 1.82) is 5.26 Å². The van der Waals surface area contributed by atoms with Gasteiger partial charge >= 0.3 is 0 Å². The monoisotopic (exact) mass is 119 g/mol. The third-order valence-electron chi connectivity index (χ3n) is 0.547. The normalized spacial score (nSPS) is 17.4. The molecule has 0 amide bonds. The number of aliphatic hydroxyl groups excluding tert-OH is 1. The smallest absolute Gasteiger partial charge is 0.146 e. The van der Waals surface area contributed by atoms with Crippen LogP contribution in [0.4, 0.5) is 0 Å². The minimum Gasteiger partial charge on any atom is -0.391 e. The fourth-order valence-electron chi connectivity index (χ4n) is 0.108. The van der Waals surface area contributed by atoms with Crippen molar-refractivity contribution in [3.05, 3.63) is 0 Å². The predicted molar refractivity (Wildman–Crippen MR) is 26.9 cm³/mol. The molecule has 0 aliphatic carbocycles. The molecule has 40 valence electrons. The Hall–Kier alpha value is -0.260. The van der Waals surface area contributed by atoms with E-state index in [1.165, 1.54) is 6.92 Å². The molecule has 0 fully saturated rings. The first-order valence-corrected chi connectivity index (χ1v) is 2.34. The second-order valence-corrected chi connectivity index (χ2v) is 1.74. The maximum absolute atomic E-state index is 8.47. The molecule has 0 bridgehead atoms. The van der Waals surface area contributed by atoms with Crippen molar-refractivity contribution in [3.8, 4) is 6.07 Å². The summed E-state index contributed by atoms with van der Waals surface area (Å²) in [5, 5.41) is 15.7. The van der Waals surface area contributed by atoms with Crippen molar-refractivity contribution in [1.82, 2.24) is 0 Å². The zero-order chi connectivity index (χ0) is 5.86. The molecule has 0 heterocycles. The van der Waals surface area contributed by atoms with Crippen LogP contribution in [0.3, 0.4) is 0 Å². The van der Waals surface area contributed by atoms with Gasteiger partial charge in [0.15, 0.2) is 0 Å². The van der Waals surface area contributed by atoms with E-state index in [4.69, 9.17) is 22.0 Å². The first-order chi connectivity index (χ1) is 3.18. The number of rotatable bonds is 1. The first kappa shape index (κ1) is 6.74. The van der Waals surface area contributed by atoms with Gasteiger partial charge in [0, 0.05) is 0 Å². The van der Waals surface area contributed by atoms with Crippen LogP contribution in [0.25, 0.3) is 0 Å². The van der Waals surface area contributed by atoms with E-state index in [1.807, 2.05) is 0 Å². The summed E-state index contributed by atoms with van der Waals surface area (Å²) in [6, 6.07) is 1.68. The van der Waals surface area contributed by atoms with Crippen LogP contribution in [0, 0.1) is 11.3 Å². The second kappa shape index (κ2) is 2.84. The van der Waals surface area contributed by atoms with Crippen LogP contribution in [0.5, 0.6) is 0 Å². The highest BCUT2D eigenvalue weighted by Crippen LogP contribution is 1.97. The summed E-state index contributed by atoms with van der Waals surface area (Å²) in [6.45, 7) is 1.47. The molecule has 3 heteroatoms. The maximum atomic E-state index is 8.47. The summed E-state index contributed by atoms with van der Waals surface area (Å²) >= 11 is 5.19. The lowest BCUT2D eigenvalue weighted by molar-refractivity contribution is 0.203. The van der Waals surface area contributed by atoms with Crippen LogP contribution < -0.4 is 0 Å². The highest BCUT2D eigenvalue weighted by molar-refractivity contribution is 6.22. The quantitative estimate of drug-likeness (QED) is 0.511. The number of nitrogens with zero attached hydrogens (tertiary/aromatic N) is 1. The van der Waals surface area contributed by atoms with Gasteiger partial charge in [-0.2, -0.15) is 5.26 Å². The summed E-state index contributed by atoms with van der Waals surface area (Å²) < 4.78 is 0. The zero-order valence-corrected chi connectivity index (χ0v) is 4.68. The van der Waals surface area contributed by atoms with E-state index in [2.05, 4.69) is 0 Å². The van der Waals surface area contributed by atoms with Crippen molar-refractivity contribution in [3.63, 3.8) is 0 Å². The van der Waals surface area contributed by atoms with E-state index in [1.54, 1.807) is 6.07 Å². The van der Waals surface area contributed by atoms with E-state index in [0.29, 0.717) is 0 Å². The predicted octanol–water partition coefficient (Wildman–Crippen LogP) is 0.498. The number of hydrogen-bond donors (Lipinski definition) is 1. The molecule has 0 saturated carbocycles. The molecule has 0 aromatic heterocycles. The molecule has 0 aliphatic rings. The Labute approximate surface area is 47.3 Å². The molecule has 0 rings (SSSR count). The van der Waals surface area contributed by atoms with E-state index in [0.717, 1.165) is 0 Å². The van der Waals surface area contributed by atoms with E-state index in [-0.39, 0.29) is 0 Å². The van der Waals surface area contributed by atoms with E-state index < -0.39 is 11.5 Å². The number of aliphatic hydroxyl groups is 1.